The Morgan fingerprint density at radius 1 is 1.43 bits per heavy atom. The van der Waals surface area contributed by atoms with Crippen LogP contribution in [0.15, 0.2) is 30.6 Å². The Balaban J connectivity index is 1.90. The first kappa shape index (κ1) is 21.2. The molecule has 0 bridgehead atoms. The lowest BCUT2D eigenvalue weighted by molar-refractivity contribution is -0.143. The monoisotopic (exact) mass is 383 g/mol. The zero-order valence-corrected chi connectivity index (χ0v) is 16.0. The molecule has 1 fully saturated rings. The summed E-state index contributed by atoms with van der Waals surface area (Å²) >= 11 is 0. The van der Waals surface area contributed by atoms with Crippen molar-refractivity contribution in [1.82, 2.24) is 15.2 Å². The molecule has 2 atom stereocenters. The first-order chi connectivity index (χ1) is 13.5. The molecule has 28 heavy (non-hydrogen) atoms. The number of ether oxygens (including phenoxy) is 1. The molecule has 0 aromatic carbocycles. The van der Waals surface area contributed by atoms with E-state index in [2.05, 4.69) is 16.2 Å². The van der Waals surface area contributed by atoms with Gasteiger partial charge in [0.2, 0.25) is 11.8 Å². The zero-order valence-electron chi connectivity index (χ0n) is 16.0. The molecule has 0 spiro atoms. The summed E-state index contributed by atoms with van der Waals surface area (Å²) in [7, 11) is 0. The fraction of sp³-hybridized carbons (Fsp3) is 0.429. The average Bonchev–Trinajstić information content (AvgIpc) is 2.72. The number of likely N-dealkylation sites (tertiary alicyclic amines) is 1. The first-order valence-corrected chi connectivity index (χ1v) is 9.32. The van der Waals surface area contributed by atoms with Gasteiger partial charge in [-0.1, -0.05) is 5.92 Å². The normalized spacial score (nSPS) is 17.6. The van der Waals surface area contributed by atoms with Gasteiger partial charge in [-0.3, -0.25) is 19.4 Å². The summed E-state index contributed by atoms with van der Waals surface area (Å²) in [6.07, 6.45) is 13.3. The van der Waals surface area contributed by atoms with Gasteiger partial charge in [0.05, 0.1) is 18.9 Å². The van der Waals surface area contributed by atoms with Crippen LogP contribution < -0.4 is 5.32 Å². The Hall–Kier alpha value is -3.14. The number of carbonyl (C=O) groups is 3. The number of hydrogen-bond acceptors (Lipinski definition) is 5. The van der Waals surface area contributed by atoms with Crippen molar-refractivity contribution in [3.63, 3.8) is 0 Å². The predicted octanol–water partition coefficient (Wildman–Crippen LogP) is 1.40. The number of esters is 1. The summed E-state index contributed by atoms with van der Waals surface area (Å²) in [6, 6.07) is 2.89. The molecule has 1 aromatic rings. The van der Waals surface area contributed by atoms with Crippen molar-refractivity contribution in [2.75, 3.05) is 19.7 Å². The van der Waals surface area contributed by atoms with Crippen LogP contribution in [0.4, 0.5) is 0 Å². The Kier molecular flexibility index (Phi) is 8.22. The van der Waals surface area contributed by atoms with E-state index in [-0.39, 0.29) is 30.8 Å². The van der Waals surface area contributed by atoms with E-state index in [1.807, 2.05) is 0 Å². The van der Waals surface area contributed by atoms with Gasteiger partial charge in [-0.2, -0.15) is 0 Å². The topological polar surface area (TPSA) is 88.6 Å². The van der Waals surface area contributed by atoms with Gasteiger partial charge in [-0.25, -0.2) is 0 Å². The molecule has 148 valence electrons. The van der Waals surface area contributed by atoms with Gasteiger partial charge in [-0.15, -0.1) is 6.42 Å². The van der Waals surface area contributed by atoms with E-state index in [1.165, 1.54) is 6.08 Å². The molecule has 2 heterocycles. The molecule has 7 heteroatoms. The van der Waals surface area contributed by atoms with Gasteiger partial charge in [0.1, 0.15) is 6.04 Å². The van der Waals surface area contributed by atoms with Crippen molar-refractivity contribution < 1.29 is 19.1 Å². The second kappa shape index (κ2) is 10.9. The SMILES string of the molecule is C#C[C@H](CC(=O)OCC)NC(=O)[C@@H]1CCCN(C(=O)/C=C/c2ccncc2)C1. The minimum absolute atomic E-state index is 0.0693. The van der Waals surface area contributed by atoms with Crippen LogP contribution in [0.2, 0.25) is 0 Å². The van der Waals surface area contributed by atoms with Gasteiger partial charge in [0, 0.05) is 31.6 Å². The summed E-state index contributed by atoms with van der Waals surface area (Å²) in [5.74, 6) is 1.20. The Morgan fingerprint density at radius 2 is 2.18 bits per heavy atom. The maximum atomic E-state index is 12.5. The molecule has 7 nitrogen and oxygen atoms in total. The Morgan fingerprint density at radius 3 is 2.86 bits per heavy atom. The number of amides is 2. The van der Waals surface area contributed by atoms with Crippen LogP contribution in [-0.4, -0.2) is 53.4 Å². The van der Waals surface area contributed by atoms with Crippen molar-refractivity contribution in [2.45, 2.75) is 32.2 Å². The van der Waals surface area contributed by atoms with Gasteiger partial charge in [0.15, 0.2) is 0 Å². The summed E-state index contributed by atoms with van der Waals surface area (Å²) < 4.78 is 4.86. The minimum atomic E-state index is -0.718. The second-order valence-corrected chi connectivity index (χ2v) is 6.47. The summed E-state index contributed by atoms with van der Waals surface area (Å²) in [5, 5.41) is 2.70. The number of nitrogens with one attached hydrogen (secondary N) is 1. The highest BCUT2D eigenvalue weighted by Gasteiger charge is 2.29. The fourth-order valence-corrected chi connectivity index (χ4v) is 2.97. The third kappa shape index (κ3) is 6.54. The summed E-state index contributed by atoms with van der Waals surface area (Å²) in [5.41, 5.74) is 0.880. The standard InChI is InChI=1S/C21H25N3O4/c1-3-18(14-20(26)28-4-2)23-21(27)17-6-5-13-24(15-17)19(25)8-7-16-9-11-22-12-10-16/h1,7-12,17-18H,4-6,13-15H2,2H3,(H,23,27)/b8-7+/t17-,18-/m1/s1. The zero-order chi connectivity index (χ0) is 20.4. The van der Waals surface area contributed by atoms with Crippen LogP contribution in [0.1, 0.15) is 31.7 Å². The predicted molar refractivity (Wildman–Crippen MR) is 105 cm³/mol. The fourth-order valence-electron chi connectivity index (χ4n) is 2.97. The van der Waals surface area contributed by atoms with Gasteiger partial charge < -0.3 is 15.0 Å². The number of carbonyl (C=O) groups excluding carboxylic acids is 3. The lowest BCUT2D eigenvalue weighted by atomic mass is 9.96. The van der Waals surface area contributed by atoms with Crippen LogP contribution in [0.3, 0.4) is 0 Å². The number of pyridine rings is 1. The average molecular weight is 383 g/mol. The molecule has 1 N–H and O–H groups in total. The molecule has 2 amide bonds. The van der Waals surface area contributed by atoms with E-state index in [4.69, 9.17) is 11.2 Å². The van der Waals surface area contributed by atoms with E-state index >= 15 is 0 Å². The van der Waals surface area contributed by atoms with Crippen molar-refractivity contribution >= 4 is 23.9 Å². The molecule has 1 saturated heterocycles. The van der Waals surface area contributed by atoms with Gasteiger partial charge >= 0.3 is 5.97 Å². The lowest BCUT2D eigenvalue weighted by Gasteiger charge is -2.31. The third-order valence-corrected chi connectivity index (χ3v) is 4.42. The van der Waals surface area contributed by atoms with Gasteiger partial charge in [-0.05, 0) is 43.5 Å². The van der Waals surface area contributed by atoms with Crippen LogP contribution in [-0.2, 0) is 19.1 Å². The van der Waals surface area contributed by atoms with Crippen LogP contribution in [0.5, 0.6) is 0 Å². The molecular weight excluding hydrogens is 358 g/mol. The number of terminal acetylenes is 1. The largest absolute Gasteiger partial charge is 0.466 e. The maximum absolute atomic E-state index is 12.5. The summed E-state index contributed by atoms with van der Waals surface area (Å²) in [4.78, 5) is 42.1. The maximum Gasteiger partial charge on any atom is 0.308 e. The quantitative estimate of drug-likeness (QED) is 0.437. The highest BCUT2D eigenvalue weighted by Crippen LogP contribution is 2.18. The number of aromatic nitrogens is 1. The molecule has 2 rings (SSSR count). The molecule has 0 aliphatic carbocycles. The number of nitrogens with zero attached hydrogens (tertiary/aromatic N) is 2. The molecule has 1 aromatic heterocycles. The Labute approximate surface area is 165 Å². The van der Waals surface area contributed by atoms with Crippen molar-refractivity contribution in [3.05, 3.63) is 36.2 Å². The molecule has 1 aliphatic rings. The number of piperidine rings is 1. The van der Waals surface area contributed by atoms with Crippen LogP contribution in [0, 0.1) is 18.3 Å². The highest BCUT2D eigenvalue weighted by molar-refractivity contribution is 5.92. The Bertz CT molecular complexity index is 755. The highest BCUT2D eigenvalue weighted by atomic mass is 16.5. The number of rotatable bonds is 7. The molecular formula is C21H25N3O4. The van der Waals surface area contributed by atoms with Crippen LogP contribution >= 0.6 is 0 Å². The summed E-state index contributed by atoms with van der Waals surface area (Å²) in [6.45, 7) is 2.89. The van der Waals surface area contributed by atoms with E-state index in [0.29, 0.717) is 19.5 Å². The lowest BCUT2D eigenvalue weighted by Crippen LogP contribution is -2.47. The minimum Gasteiger partial charge on any atom is -0.466 e. The molecule has 0 unspecified atom stereocenters. The van der Waals surface area contributed by atoms with E-state index in [1.54, 1.807) is 42.4 Å². The van der Waals surface area contributed by atoms with E-state index < -0.39 is 12.0 Å². The van der Waals surface area contributed by atoms with E-state index in [0.717, 1.165) is 12.0 Å². The van der Waals surface area contributed by atoms with Crippen molar-refractivity contribution in [1.29, 1.82) is 0 Å². The smallest absolute Gasteiger partial charge is 0.308 e. The van der Waals surface area contributed by atoms with Crippen molar-refractivity contribution in [2.24, 2.45) is 5.92 Å². The van der Waals surface area contributed by atoms with Gasteiger partial charge in [0.25, 0.3) is 0 Å². The second-order valence-electron chi connectivity index (χ2n) is 6.47. The molecule has 0 radical (unpaired) electrons. The molecule has 0 saturated carbocycles. The third-order valence-electron chi connectivity index (χ3n) is 4.42. The first-order valence-electron chi connectivity index (χ1n) is 9.32. The van der Waals surface area contributed by atoms with E-state index in [9.17, 15) is 14.4 Å². The number of hydrogen-bond donors (Lipinski definition) is 1. The molecule has 1 aliphatic heterocycles. The van der Waals surface area contributed by atoms with Crippen molar-refractivity contribution in [3.8, 4) is 12.3 Å². The van der Waals surface area contributed by atoms with Crippen LogP contribution in [0.25, 0.3) is 6.08 Å².